The number of aryl methyl sites for hydroxylation is 1. The summed E-state index contributed by atoms with van der Waals surface area (Å²) in [5.74, 6) is -1.09. The highest BCUT2D eigenvalue weighted by molar-refractivity contribution is 5.96. The standard InChI is InChI=1S/C36H44N6O9/c1-20-40-41-31(49-20)27-17-29(24-14-13-22(48-5)15-26(24)37-27)50-23-16-28-30(43)39-36(33(45)46)18-21(36)11-9-7-6-8-10-12-25(32(44)42(28)19-23)38-34(47)51-35(2,3)4/h9,11,13-15,17,21,23,25,28H,6-8,10,12,16,18-19H2,1-5H3,(H,38,47)(H,39,43)(H,45,46)/b11-9-/t21-,23-,25-,28+,36-/m1/s1. The molecule has 5 atom stereocenters. The van der Waals surface area contributed by atoms with E-state index in [4.69, 9.17) is 18.6 Å². The first kappa shape index (κ1) is 35.6. The van der Waals surface area contributed by atoms with Crippen LogP contribution in [-0.4, -0.2) is 92.0 Å². The van der Waals surface area contributed by atoms with Crippen molar-refractivity contribution >= 4 is 34.8 Å². The number of aliphatic carboxylic acids is 1. The number of benzene rings is 1. The van der Waals surface area contributed by atoms with Crippen LogP contribution in [0.1, 0.15) is 71.6 Å². The number of alkyl carbamates (subject to hydrolysis) is 1. The summed E-state index contributed by atoms with van der Waals surface area (Å²) in [4.78, 5) is 59.9. The predicted molar refractivity (Wildman–Crippen MR) is 183 cm³/mol. The molecule has 15 heteroatoms. The molecule has 0 unspecified atom stereocenters. The number of ether oxygens (including phenoxy) is 3. The average Bonchev–Trinajstić information content (AvgIpc) is 3.34. The molecule has 0 bridgehead atoms. The Morgan fingerprint density at radius 2 is 1.94 bits per heavy atom. The van der Waals surface area contributed by atoms with Gasteiger partial charge in [-0.05, 0) is 58.6 Å². The fourth-order valence-corrected chi connectivity index (χ4v) is 6.69. The van der Waals surface area contributed by atoms with Crippen molar-refractivity contribution in [3.8, 4) is 23.1 Å². The lowest BCUT2D eigenvalue weighted by Gasteiger charge is -2.30. The molecule has 2 aliphatic heterocycles. The van der Waals surface area contributed by atoms with Crippen LogP contribution in [0.25, 0.3) is 22.5 Å². The third-order valence-corrected chi connectivity index (χ3v) is 9.33. The highest BCUT2D eigenvalue weighted by atomic mass is 16.6. The molecule has 1 saturated carbocycles. The van der Waals surface area contributed by atoms with Gasteiger partial charge in [0.25, 0.3) is 5.89 Å². The molecule has 2 aromatic heterocycles. The monoisotopic (exact) mass is 704 g/mol. The van der Waals surface area contributed by atoms with Crippen LogP contribution >= 0.6 is 0 Å². The average molecular weight is 705 g/mol. The van der Waals surface area contributed by atoms with E-state index in [1.54, 1.807) is 59.1 Å². The zero-order valence-corrected chi connectivity index (χ0v) is 29.4. The number of pyridine rings is 1. The van der Waals surface area contributed by atoms with Gasteiger partial charge in [0.15, 0.2) is 0 Å². The summed E-state index contributed by atoms with van der Waals surface area (Å²) in [5.41, 5.74) is -1.38. The van der Waals surface area contributed by atoms with Crippen molar-refractivity contribution in [2.75, 3.05) is 13.7 Å². The van der Waals surface area contributed by atoms with Crippen molar-refractivity contribution in [2.45, 2.75) is 102 Å². The smallest absolute Gasteiger partial charge is 0.408 e. The molecule has 2 fully saturated rings. The lowest BCUT2D eigenvalue weighted by Crippen LogP contribution is -2.56. The number of carbonyl (C=O) groups excluding carboxylic acids is 3. The van der Waals surface area contributed by atoms with Crippen LogP contribution < -0.4 is 20.1 Å². The number of nitrogens with one attached hydrogen (secondary N) is 2. The van der Waals surface area contributed by atoms with E-state index in [2.05, 4.69) is 25.8 Å². The van der Waals surface area contributed by atoms with Crippen molar-refractivity contribution in [1.82, 2.24) is 30.7 Å². The number of hydrogen-bond donors (Lipinski definition) is 3. The van der Waals surface area contributed by atoms with Crippen LogP contribution in [0.4, 0.5) is 4.79 Å². The molecule has 3 amide bonds. The topological polar surface area (TPSA) is 195 Å². The molecule has 0 spiro atoms. The van der Waals surface area contributed by atoms with Gasteiger partial charge in [0.05, 0.1) is 19.2 Å². The molecule has 1 saturated heterocycles. The second kappa shape index (κ2) is 14.2. The number of carboxylic acid groups (broad SMARTS) is 1. The molecule has 4 heterocycles. The van der Waals surface area contributed by atoms with E-state index in [-0.39, 0.29) is 31.2 Å². The highest BCUT2D eigenvalue weighted by Crippen LogP contribution is 2.45. The Bertz CT molecular complexity index is 1850. The highest BCUT2D eigenvalue weighted by Gasteiger charge is 2.61. The van der Waals surface area contributed by atoms with E-state index < -0.39 is 53.2 Å². The first-order valence-corrected chi connectivity index (χ1v) is 17.2. The van der Waals surface area contributed by atoms with Crippen LogP contribution in [0.5, 0.6) is 11.5 Å². The van der Waals surface area contributed by atoms with Crippen LogP contribution in [0.2, 0.25) is 0 Å². The number of aromatic nitrogens is 3. The number of methoxy groups -OCH3 is 1. The number of fused-ring (bicyclic) bond motifs is 3. The molecule has 3 aromatic rings. The number of carbonyl (C=O) groups is 4. The van der Waals surface area contributed by atoms with Gasteiger partial charge in [-0.25, -0.2) is 14.6 Å². The van der Waals surface area contributed by atoms with E-state index in [1.807, 2.05) is 12.2 Å². The van der Waals surface area contributed by atoms with E-state index in [1.165, 1.54) is 4.90 Å². The largest absolute Gasteiger partial charge is 0.497 e. The van der Waals surface area contributed by atoms with Gasteiger partial charge in [0.2, 0.25) is 17.7 Å². The quantitative estimate of drug-likeness (QED) is 0.308. The Hall–Kier alpha value is -5.21. The molecule has 272 valence electrons. The van der Waals surface area contributed by atoms with Gasteiger partial charge in [0.1, 0.15) is 46.5 Å². The molecule has 3 aliphatic rings. The van der Waals surface area contributed by atoms with Gasteiger partial charge in [-0.15, -0.1) is 10.2 Å². The summed E-state index contributed by atoms with van der Waals surface area (Å²) in [6.07, 6.45) is 5.96. The van der Waals surface area contributed by atoms with Crippen molar-refractivity contribution < 1.29 is 42.9 Å². The number of allylic oxidation sites excluding steroid dienone is 1. The van der Waals surface area contributed by atoms with E-state index in [0.717, 1.165) is 19.3 Å². The van der Waals surface area contributed by atoms with Crippen molar-refractivity contribution in [3.63, 3.8) is 0 Å². The Kier molecular flexibility index (Phi) is 9.91. The van der Waals surface area contributed by atoms with Gasteiger partial charge in [-0.3, -0.25) is 9.59 Å². The maximum Gasteiger partial charge on any atom is 0.408 e. The zero-order chi connectivity index (χ0) is 36.5. The van der Waals surface area contributed by atoms with E-state index >= 15 is 0 Å². The summed E-state index contributed by atoms with van der Waals surface area (Å²) in [5, 5.41) is 24.4. The molecule has 3 N–H and O–H groups in total. The minimum absolute atomic E-state index is 0.0121. The fourth-order valence-electron chi connectivity index (χ4n) is 6.69. The minimum atomic E-state index is -1.47. The zero-order valence-electron chi connectivity index (χ0n) is 29.4. The Morgan fingerprint density at radius 1 is 1.14 bits per heavy atom. The van der Waals surface area contributed by atoms with Crippen molar-refractivity contribution in [1.29, 1.82) is 0 Å². The molecule has 15 nitrogen and oxygen atoms in total. The van der Waals surface area contributed by atoms with Gasteiger partial charge < -0.3 is 39.3 Å². The first-order valence-electron chi connectivity index (χ1n) is 17.2. The summed E-state index contributed by atoms with van der Waals surface area (Å²) in [6.45, 7) is 6.85. The molecule has 1 aliphatic carbocycles. The van der Waals surface area contributed by atoms with Crippen LogP contribution in [0.3, 0.4) is 0 Å². The maximum absolute atomic E-state index is 14.4. The minimum Gasteiger partial charge on any atom is -0.497 e. The molecular weight excluding hydrogens is 660 g/mol. The number of amides is 3. The van der Waals surface area contributed by atoms with Gasteiger partial charge in [0, 0.05) is 36.8 Å². The number of hydrogen-bond acceptors (Lipinski definition) is 11. The lowest BCUT2D eigenvalue weighted by molar-refractivity contribution is -0.145. The summed E-state index contributed by atoms with van der Waals surface area (Å²) in [6, 6.07) is 4.89. The van der Waals surface area contributed by atoms with Crippen molar-refractivity contribution in [2.24, 2.45) is 5.92 Å². The maximum atomic E-state index is 14.4. The number of nitrogens with zero attached hydrogens (tertiary/aromatic N) is 4. The summed E-state index contributed by atoms with van der Waals surface area (Å²) < 4.78 is 23.1. The normalized spacial score (nSPS) is 26.2. The molecule has 6 rings (SSSR count). The number of carboxylic acids is 1. The summed E-state index contributed by atoms with van der Waals surface area (Å²) >= 11 is 0. The molecule has 1 aromatic carbocycles. The van der Waals surface area contributed by atoms with Crippen LogP contribution in [-0.2, 0) is 19.1 Å². The first-order chi connectivity index (χ1) is 24.3. The predicted octanol–water partition coefficient (Wildman–Crippen LogP) is 4.32. The van der Waals surface area contributed by atoms with E-state index in [0.29, 0.717) is 46.8 Å². The Labute approximate surface area is 295 Å². The SMILES string of the molecule is COc1ccc2c(O[C@@H]3C[C@H]4C(=O)N[C@]5(C(=O)O)C[C@H]5/C=C\CCCCC[C@@H](NC(=O)OC(C)(C)C)C(=O)N4C3)cc(-c3nnc(C)o3)nc2c1. The summed E-state index contributed by atoms with van der Waals surface area (Å²) in [7, 11) is 1.55. The fraction of sp³-hybridized carbons (Fsp3) is 0.528. The Balaban J connectivity index is 1.34. The molecule has 51 heavy (non-hydrogen) atoms. The van der Waals surface area contributed by atoms with Gasteiger partial charge in [-0.1, -0.05) is 25.0 Å². The third kappa shape index (κ3) is 7.92. The van der Waals surface area contributed by atoms with E-state index in [9.17, 15) is 24.3 Å². The molecular formula is C36H44N6O9. The van der Waals surface area contributed by atoms with Gasteiger partial charge in [-0.2, -0.15) is 0 Å². The van der Waals surface area contributed by atoms with Crippen molar-refractivity contribution in [3.05, 3.63) is 42.3 Å². The molecule has 0 radical (unpaired) electrons. The van der Waals surface area contributed by atoms with Crippen LogP contribution in [0.15, 0.2) is 40.8 Å². The number of rotatable bonds is 6. The third-order valence-electron chi connectivity index (χ3n) is 9.33. The van der Waals surface area contributed by atoms with Crippen LogP contribution in [0, 0.1) is 12.8 Å². The lowest BCUT2D eigenvalue weighted by atomic mass is 10.0. The van der Waals surface area contributed by atoms with Gasteiger partial charge >= 0.3 is 12.1 Å². The Morgan fingerprint density at radius 3 is 2.65 bits per heavy atom. The second-order valence-corrected chi connectivity index (χ2v) is 14.3. The second-order valence-electron chi connectivity index (χ2n) is 14.3.